The molecule has 1 aliphatic rings. The second-order valence-electron chi connectivity index (χ2n) is 6.02. The summed E-state index contributed by atoms with van der Waals surface area (Å²) in [5, 5.41) is 5.29. The van der Waals surface area contributed by atoms with E-state index in [-0.39, 0.29) is 29.0 Å². The molecular formula is C18H19N3O4S. The van der Waals surface area contributed by atoms with E-state index in [1.807, 2.05) is 0 Å². The van der Waals surface area contributed by atoms with Crippen LogP contribution in [0.4, 0.5) is 5.69 Å². The fraction of sp³-hybridized carbons (Fsp3) is 0.222. The van der Waals surface area contributed by atoms with E-state index in [0.717, 1.165) is 12.8 Å². The third-order valence-corrected chi connectivity index (χ3v) is 5.20. The number of rotatable bonds is 7. The molecule has 1 fully saturated rings. The van der Waals surface area contributed by atoms with E-state index in [9.17, 15) is 18.0 Å². The summed E-state index contributed by atoms with van der Waals surface area (Å²) in [6.45, 7) is -0.106. The zero-order chi connectivity index (χ0) is 18.6. The minimum atomic E-state index is -3.73. The van der Waals surface area contributed by atoms with Crippen molar-refractivity contribution in [3.05, 3.63) is 60.2 Å². The van der Waals surface area contributed by atoms with E-state index in [0.29, 0.717) is 5.69 Å². The summed E-state index contributed by atoms with van der Waals surface area (Å²) in [6, 6.07) is 14.3. The molecular weight excluding hydrogens is 354 g/mol. The van der Waals surface area contributed by atoms with Crippen LogP contribution in [0.3, 0.4) is 0 Å². The van der Waals surface area contributed by atoms with Crippen molar-refractivity contribution in [3.63, 3.8) is 0 Å². The number of anilines is 1. The maximum Gasteiger partial charge on any atom is 0.261 e. The van der Waals surface area contributed by atoms with Crippen LogP contribution in [0.5, 0.6) is 0 Å². The fourth-order valence-electron chi connectivity index (χ4n) is 2.27. The average Bonchev–Trinajstić information content (AvgIpc) is 3.44. The number of benzene rings is 2. The number of carbonyl (C=O) groups is 2. The van der Waals surface area contributed by atoms with Crippen LogP contribution >= 0.6 is 0 Å². The molecule has 1 saturated carbocycles. The van der Waals surface area contributed by atoms with Gasteiger partial charge in [-0.1, -0.05) is 18.2 Å². The average molecular weight is 373 g/mol. The van der Waals surface area contributed by atoms with Gasteiger partial charge in [-0.2, -0.15) is 0 Å². The molecule has 0 unspecified atom stereocenters. The smallest absolute Gasteiger partial charge is 0.261 e. The van der Waals surface area contributed by atoms with E-state index < -0.39 is 15.9 Å². The van der Waals surface area contributed by atoms with Gasteiger partial charge in [-0.3, -0.25) is 14.3 Å². The van der Waals surface area contributed by atoms with Gasteiger partial charge in [0.1, 0.15) is 0 Å². The SMILES string of the molecule is O=C(CNC(=O)c1ccc(S(=O)(=O)Nc2ccccc2)cc1)NC1CC1. The number of amides is 2. The second kappa shape index (κ2) is 7.57. The summed E-state index contributed by atoms with van der Waals surface area (Å²) in [5.41, 5.74) is 0.735. The highest BCUT2D eigenvalue weighted by Crippen LogP contribution is 2.18. The van der Waals surface area contributed by atoms with Gasteiger partial charge in [-0.05, 0) is 49.2 Å². The minimum absolute atomic E-state index is 0.0457. The van der Waals surface area contributed by atoms with E-state index >= 15 is 0 Å². The van der Waals surface area contributed by atoms with Crippen LogP contribution in [-0.2, 0) is 14.8 Å². The number of nitrogens with one attached hydrogen (secondary N) is 3. The van der Waals surface area contributed by atoms with E-state index in [1.165, 1.54) is 24.3 Å². The zero-order valence-electron chi connectivity index (χ0n) is 13.9. The van der Waals surface area contributed by atoms with Crippen molar-refractivity contribution < 1.29 is 18.0 Å². The Balaban J connectivity index is 1.60. The van der Waals surface area contributed by atoms with E-state index in [2.05, 4.69) is 15.4 Å². The Bertz CT molecular complexity index is 892. The summed E-state index contributed by atoms with van der Waals surface area (Å²) < 4.78 is 27.1. The molecule has 3 rings (SSSR count). The van der Waals surface area contributed by atoms with Crippen molar-refractivity contribution in [1.82, 2.24) is 10.6 Å². The molecule has 26 heavy (non-hydrogen) atoms. The van der Waals surface area contributed by atoms with Gasteiger partial charge in [0, 0.05) is 17.3 Å². The number of hydrogen-bond acceptors (Lipinski definition) is 4. The topological polar surface area (TPSA) is 104 Å². The first-order valence-electron chi connectivity index (χ1n) is 8.19. The molecule has 0 saturated heterocycles. The van der Waals surface area contributed by atoms with E-state index in [1.54, 1.807) is 30.3 Å². The highest BCUT2D eigenvalue weighted by Gasteiger charge is 2.23. The normalized spacial score (nSPS) is 13.7. The standard InChI is InChI=1S/C18H19N3O4S/c22-17(20-14-8-9-14)12-19-18(23)13-6-10-16(11-7-13)26(24,25)21-15-4-2-1-3-5-15/h1-7,10-11,14,21H,8-9,12H2,(H,19,23)(H,20,22). The summed E-state index contributed by atoms with van der Waals surface area (Å²) in [5.74, 6) is -0.664. The van der Waals surface area contributed by atoms with Crippen LogP contribution in [-0.4, -0.2) is 32.8 Å². The van der Waals surface area contributed by atoms with Crippen LogP contribution in [0.25, 0.3) is 0 Å². The lowest BCUT2D eigenvalue weighted by molar-refractivity contribution is -0.120. The minimum Gasteiger partial charge on any atom is -0.352 e. The van der Waals surface area contributed by atoms with Gasteiger partial charge in [-0.25, -0.2) is 8.42 Å². The maximum atomic E-state index is 12.3. The predicted molar refractivity (Wildman–Crippen MR) is 97.2 cm³/mol. The zero-order valence-corrected chi connectivity index (χ0v) is 14.8. The second-order valence-corrected chi connectivity index (χ2v) is 7.70. The highest BCUT2D eigenvalue weighted by molar-refractivity contribution is 7.92. The van der Waals surface area contributed by atoms with E-state index in [4.69, 9.17) is 0 Å². The number of para-hydroxylation sites is 1. The molecule has 0 radical (unpaired) electrons. The quantitative estimate of drug-likeness (QED) is 0.684. The van der Waals surface area contributed by atoms with Gasteiger partial charge in [0.15, 0.2) is 0 Å². The Morgan fingerprint density at radius 1 is 0.962 bits per heavy atom. The van der Waals surface area contributed by atoms with Gasteiger partial charge in [0.25, 0.3) is 15.9 Å². The Morgan fingerprint density at radius 2 is 1.62 bits per heavy atom. The molecule has 0 bridgehead atoms. The lowest BCUT2D eigenvalue weighted by atomic mass is 10.2. The monoisotopic (exact) mass is 373 g/mol. The lowest BCUT2D eigenvalue weighted by Gasteiger charge is -2.09. The third kappa shape index (κ3) is 4.82. The summed E-state index contributed by atoms with van der Waals surface area (Å²) in [6.07, 6.45) is 1.96. The molecule has 1 aliphatic carbocycles. The molecule has 0 heterocycles. The van der Waals surface area contributed by atoms with Crippen molar-refractivity contribution in [1.29, 1.82) is 0 Å². The molecule has 2 aromatic carbocycles. The molecule has 0 aromatic heterocycles. The molecule has 3 N–H and O–H groups in total. The van der Waals surface area contributed by atoms with Crippen LogP contribution in [0.15, 0.2) is 59.5 Å². The first kappa shape index (κ1) is 17.9. The molecule has 136 valence electrons. The number of hydrogen-bond donors (Lipinski definition) is 3. The molecule has 0 spiro atoms. The molecule has 2 aromatic rings. The van der Waals surface area contributed by atoms with Gasteiger partial charge in [0.2, 0.25) is 5.91 Å². The predicted octanol–water partition coefficient (Wildman–Crippen LogP) is 1.50. The van der Waals surface area contributed by atoms with Crippen molar-refractivity contribution in [2.45, 2.75) is 23.8 Å². The van der Waals surface area contributed by atoms with Crippen LogP contribution in [0, 0.1) is 0 Å². The van der Waals surface area contributed by atoms with Crippen molar-refractivity contribution in [2.75, 3.05) is 11.3 Å². The van der Waals surface area contributed by atoms with Crippen LogP contribution in [0.2, 0.25) is 0 Å². The van der Waals surface area contributed by atoms with Gasteiger partial charge >= 0.3 is 0 Å². The highest BCUT2D eigenvalue weighted by atomic mass is 32.2. The van der Waals surface area contributed by atoms with Crippen molar-refractivity contribution in [3.8, 4) is 0 Å². The maximum absolute atomic E-state index is 12.3. The number of sulfonamides is 1. The lowest BCUT2D eigenvalue weighted by Crippen LogP contribution is -2.37. The van der Waals surface area contributed by atoms with Crippen molar-refractivity contribution >= 4 is 27.5 Å². The molecule has 2 amide bonds. The largest absolute Gasteiger partial charge is 0.352 e. The Morgan fingerprint density at radius 3 is 2.23 bits per heavy atom. The summed E-state index contributed by atoms with van der Waals surface area (Å²) in [7, 11) is -3.73. The number of carbonyl (C=O) groups excluding carboxylic acids is 2. The van der Waals surface area contributed by atoms with Crippen molar-refractivity contribution in [2.24, 2.45) is 0 Å². The van der Waals surface area contributed by atoms with Crippen LogP contribution in [0.1, 0.15) is 23.2 Å². The molecule has 8 heteroatoms. The summed E-state index contributed by atoms with van der Waals surface area (Å²) >= 11 is 0. The molecule has 7 nitrogen and oxygen atoms in total. The van der Waals surface area contributed by atoms with Gasteiger partial charge in [0.05, 0.1) is 11.4 Å². The first-order valence-corrected chi connectivity index (χ1v) is 9.68. The Hall–Kier alpha value is -2.87. The summed E-state index contributed by atoms with van der Waals surface area (Å²) in [4.78, 5) is 23.7. The first-order chi connectivity index (χ1) is 12.4. The van der Waals surface area contributed by atoms with Crippen LogP contribution < -0.4 is 15.4 Å². The molecule has 0 atom stereocenters. The van der Waals surface area contributed by atoms with Gasteiger partial charge < -0.3 is 10.6 Å². The Labute approximate surface area is 151 Å². The fourth-order valence-corrected chi connectivity index (χ4v) is 3.33. The van der Waals surface area contributed by atoms with Gasteiger partial charge in [-0.15, -0.1) is 0 Å². The molecule has 0 aliphatic heterocycles. The Kier molecular flexibility index (Phi) is 5.22. The third-order valence-electron chi connectivity index (χ3n) is 3.80.